The summed E-state index contributed by atoms with van der Waals surface area (Å²) in [5.41, 5.74) is 7.33. The van der Waals surface area contributed by atoms with Crippen LogP contribution in [0.15, 0.2) is 24.3 Å². The lowest BCUT2D eigenvalue weighted by Gasteiger charge is -2.30. The van der Waals surface area contributed by atoms with Crippen LogP contribution < -0.4 is 5.73 Å². The molecule has 0 spiro atoms. The maximum absolute atomic E-state index is 12.0. The van der Waals surface area contributed by atoms with E-state index in [1.807, 2.05) is 24.3 Å². The lowest BCUT2D eigenvalue weighted by molar-refractivity contribution is -0.154. The van der Waals surface area contributed by atoms with Crippen LogP contribution in [0.3, 0.4) is 0 Å². The molecule has 4 heteroatoms. The Kier molecular flexibility index (Phi) is 4.77. The summed E-state index contributed by atoms with van der Waals surface area (Å²) in [6, 6.07) is 7.68. The number of nitrogens with one attached hydrogen (secondary N) is 1. The molecule has 3 N–H and O–H groups in total. The van der Waals surface area contributed by atoms with Gasteiger partial charge in [0.05, 0.1) is 12.5 Å². The summed E-state index contributed by atoms with van der Waals surface area (Å²) in [5.74, 6) is 0.197. The third-order valence-electron chi connectivity index (χ3n) is 3.98. The molecular weight excluding hydrogens is 252 g/mol. The van der Waals surface area contributed by atoms with Gasteiger partial charge in [-0.3, -0.25) is 10.2 Å². The van der Waals surface area contributed by atoms with Gasteiger partial charge in [-0.05, 0) is 18.4 Å². The summed E-state index contributed by atoms with van der Waals surface area (Å²) in [5, 5.41) is 7.42. The highest BCUT2D eigenvalue weighted by atomic mass is 16.5. The van der Waals surface area contributed by atoms with Crippen molar-refractivity contribution in [3.63, 3.8) is 0 Å². The quantitative estimate of drug-likeness (QED) is 0.492. The minimum Gasteiger partial charge on any atom is -0.465 e. The molecule has 2 unspecified atom stereocenters. The molecule has 0 aromatic heterocycles. The van der Waals surface area contributed by atoms with Gasteiger partial charge in [-0.1, -0.05) is 44.0 Å². The van der Waals surface area contributed by atoms with E-state index in [1.165, 1.54) is 0 Å². The number of nitrogen functional groups attached to an aromatic ring is 1. The SMILES string of the molecule is CCCCC1C(=O)OCCC1c1ccc(C(=N)N)cc1. The van der Waals surface area contributed by atoms with Crippen molar-refractivity contribution in [2.75, 3.05) is 6.61 Å². The third kappa shape index (κ3) is 3.18. The first-order valence-electron chi connectivity index (χ1n) is 7.24. The highest BCUT2D eigenvalue weighted by Crippen LogP contribution is 2.35. The number of esters is 1. The molecule has 1 aliphatic rings. The van der Waals surface area contributed by atoms with Crippen molar-refractivity contribution < 1.29 is 9.53 Å². The number of benzene rings is 1. The molecule has 1 aliphatic heterocycles. The average molecular weight is 274 g/mol. The number of hydrogen-bond acceptors (Lipinski definition) is 3. The molecule has 0 amide bonds. The Labute approximate surface area is 119 Å². The highest BCUT2D eigenvalue weighted by Gasteiger charge is 2.33. The summed E-state index contributed by atoms with van der Waals surface area (Å²) >= 11 is 0. The molecule has 2 atom stereocenters. The smallest absolute Gasteiger partial charge is 0.309 e. The van der Waals surface area contributed by atoms with Crippen molar-refractivity contribution >= 4 is 11.8 Å². The zero-order valence-electron chi connectivity index (χ0n) is 11.9. The van der Waals surface area contributed by atoms with Crippen LogP contribution in [-0.2, 0) is 9.53 Å². The Bertz CT molecular complexity index is 482. The zero-order chi connectivity index (χ0) is 14.5. The molecule has 1 aromatic carbocycles. The van der Waals surface area contributed by atoms with Crippen LogP contribution in [-0.4, -0.2) is 18.4 Å². The molecule has 0 bridgehead atoms. The van der Waals surface area contributed by atoms with E-state index >= 15 is 0 Å². The number of amidine groups is 1. The van der Waals surface area contributed by atoms with E-state index in [-0.39, 0.29) is 23.6 Å². The van der Waals surface area contributed by atoms with Crippen molar-refractivity contribution in [3.8, 4) is 0 Å². The van der Waals surface area contributed by atoms with Crippen molar-refractivity contribution in [1.82, 2.24) is 0 Å². The first kappa shape index (κ1) is 14.6. The normalized spacial score (nSPS) is 22.4. The van der Waals surface area contributed by atoms with Crippen molar-refractivity contribution in [1.29, 1.82) is 5.41 Å². The van der Waals surface area contributed by atoms with Gasteiger partial charge in [0.1, 0.15) is 5.84 Å². The fourth-order valence-electron chi connectivity index (χ4n) is 2.81. The van der Waals surface area contributed by atoms with Crippen LogP contribution in [0, 0.1) is 11.3 Å². The van der Waals surface area contributed by atoms with E-state index in [0.29, 0.717) is 6.61 Å². The number of carbonyl (C=O) groups excluding carboxylic acids is 1. The molecule has 0 aliphatic carbocycles. The fraction of sp³-hybridized carbons (Fsp3) is 0.500. The largest absolute Gasteiger partial charge is 0.465 e. The standard InChI is InChI=1S/C16H22N2O2/c1-2-3-4-14-13(9-10-20-16(14)19)11-5-7-12(8-6-11)15(17)18/h5-8,13-14H,2-4,9-10H2,1H3,(H3,17,18). The molecular formula is C16H22N2O2. The number of unbranched alkanes of at least 4 members (excludes halogenated alkanes) is 1. The number of ether oxygens (including phenoxy) is 1. The zero-order valence-corrected chi connectivity index (χ0v) is 11.9. The summed E-state index contributed by atoms with van der Waals surface area (Å²) in [6.45, 7) is 2.63. The number of nitrogens with two attached hydrogens (primary N) is 1. The number of cyclic esters (lactones) is 1. The molecule has 2 rings (SSSR count). The second-order valence-electron chi connectivity index (χ2n) is 5.35. The minimum atomic E-state index is -0.0645. The molecule has 108 valence electrons. The summed E-state index contributed by atoms with van der Waals surface area (Å²) in [4.78, 5) is 12.0. The van der Waals surface area contributed by atoms with E-state index in [4.69, 9.17) is 15.9 Å². The molecule has 4 nitrogen and oxygen atoms in total. The van der Waals surface area contributed by atoms with E-state index in [2.05, 4.69) is 6.92 Å². The van der Waals surface area contributed by atoms with E-state index in [1.54, 1.807) is 0 Å². The van der Waals surface area contributed by atoms with Crippen LogP contribution >= 0.6 is 0 Å². The van der Waals surface area contributed by atoms with Gasteiger partial charge in [0.15, 0.2) is 0 Å². The van der Waals surface area contributed by atoms with Gasteiger partial charge in [-0.2, -0.15) is 0 Å². The first-order chi connectivity index (χ1) is 9.63. The maximum atomic E-state index is 12.0. The van der Waals surface area contributed by atoms with Crippen molar-refractivity contribution in [2.24, 2.45) is 11.7 Å². The van der Waals surface area contributed by atoms with E-state index in [9.17, 15) is 4.79 Å². The van der Waals surface area contributed by atoms with Gasteiger partial charge < -0.3 is 10.5 Å². The average Bonchev–Trinajstić information content (AvgIpc) is 2.46. The first-order valence-corrected chi connectivity index (χ1v) is 7.24. The topological polar surface area (TPSA) is 76.2 Å². The van der Waals surface area contributed by atoms with Gasteiger partial charge >= 0.3 is 5.97 Å². The Balaban J connectivity index is 2.18. The molecule has 1 fully saturated rings. The van der Waals surface area contributed by atoms with Gasteiger partial charge in [0.25, 0.3) is 0 Å². The Hall–Kier alpha value is -1.84. The lowest BCUT2D eigenvalue weighted by atomic mass is 9.79. The van der Waals surface area contributed by atoms with E-state index < -0.39 is 0 Å². The van der Waals surface area contributed by atoms with E-state index in [0.717, 1.165) is 36.8 Å². The molecule has 1 aromatic rings. The molecule has 20 heavy (non-hydrogen) atoms. The Morgan fingerprint density at radius 1 is 1.40 bits per heavy atom. The van der Waals surface area contributed by atoms with Crippen molar-refractivity contribution in [3.05, 3.63) is 35.4 Å². The van der Waals surface area contributed by atoms with Crippen LogP contribution in [0.4, 0.5) is 0 Å². The summed E-state index contributed by atoms with van der Waals surface area (Å²) < 4.78 is 5.21. The Morgan fingerprint density at radius 2 is 2.10 bits per heavy atom. The van der Waals surface area contributed by atoms with Crippen LogP contribution in [0.5, 0.6) is 0 Å². The predicted octanol–water partition coefficient (Wildman–Crippen LogP) is 2.81. The minimum absolute atomic E-state index is 0.0353. The van der Waals surface area contributed by atoms with Crippen LogP contribution in [0.25, 0.3) is 0 Å². The second kappa shape index (κ2) is 6.55. The monoisotopic (exact) mass is 274 g/mol. The number of rotatable bonds is 5. The Morgan fingerprint density at radius 3 is 2.70 bits per heavy atom. The predicted molar refractivity (Wildman–Crippen MR) is 78.8 cm³/mol. The van der Waals surface area contributed by atoms with Gasteiger partial charge in [-0.25, -0.2) is 0 Å². The second-order valence-corrected chi connectivity index (χ2v) is 5.35. The molecule has 1 saturated heterocycles. The van der Waals surface area contributed by atoms with Gasteiger partial charge in [0.2, 0.25) is 0 Å². The van der Waals surface area contributed by atoms with Crippen LogP contribution in [0.1, 0.15) is 49.7 Å². The van der Waals surface area contributed by atoms with Gasteiger partial charge in [-0.15, -0.1) is 0 Å². The van der Waals surface area contributed by atoms with Gasteiger partial charge in [0, 0.05) is 11.5 Å². The third-order valence-corrected chi connectivity index (χ3v) is 3.98. The molecule has 1 heterocycles. The summed E-state index contributed by atoms with van der Waals surface area (Å²) in [6.07, 6.45) is 3.88. The molecule has 0 saturated carbocycles. The highest BCUT2D eigenvalue weighted by molar-refractivity contribution is 5.94. The van der Waals surface area contributed by atoms with Crippen LogP contribution in [0.2, 0.25) is 0 Å². The summed E-state index contributed by atoms with van der Waals surface area (Å²) in [7, 11) is 0. The van der Waals surface area contributed by atoms with Crippen molar-refractivity contribution in [2.45, 2.75) is 38.5 Å². The lowest BCUT2D eigenvalue weighted by Crippen LogP contribution is -2.31. The number of hydrogen-bond donors (Lipinski definition) is 2. The molecule has 0 radical (unpaired) electrons. The fourth-order valence-corrected chi connectivity index (χ4v) is 2.81. The number of carbonyl (C=O) groups is 1. The maximum Gasteiger partial charge on any atom is 0.309 e.